The molecule has 0 atom stereocenters. The number of benzene rings is 2. The highest BCUT2D eigenvalue weighted by Gasteiger charge is 2.14. The summed E-state index contributed by atoms with van der Waals surface area (Å²) in [6, 6.07) is 6.78. The molecule has 7 heteroatoms. The van der Waals surface area contributed by atoms with Crippen LogP contribution >= 0.6 is 0 Å². The maximum Gasteiger partial charge on any atom is 0.198 e. The molecule has 21 heavy (non-hydrogen) atoms. The van der Waals surface area contributed by atoms with E-state index in [0.29, 0.717) is 6.29 Å². The minimum absolute atomic E-state index is 0.0621. The first-order valence-electron chi connectivity index (χ1n) is 5.73. The van der Waals surface area contributed by atoms with E-state index in [1.807, 2.05) is 0 Å². The zero-order chi connectivity index (χ0) is 15.6. The van der Waals surface area contributed by atoms with Gasteiger partial charge in [0.25, 0.3) is 0 Å². The smallest absolute Gasteiger partial charge is 0.198 e. The van der Waals surface area contributed by atoms with Gasteiger partial charge in [-0.2, -0.15) is 0 Å². The first kappa shape index (κ1) is 15.1. The maximum atomic E-state index is 13.6. The number of sulfone groups is 1. The van der Waals surface area contributed by atoms with Crippen LogP contribution in [-0.2, 0) is 9.84 Å². The Labute approximate surface area is 119 Å². The summed E-state index contributed by atoms with van der Waals surface area (Å²) in [6.45, 7) is 0. The normalized spacial score (nSPS) is 11.2. The molecule has 2 rings (SSSR count). The predicted molar refractivity (Wildman–Crippen MR) is 71.4 cm³/mol. The van der Waals surface area contributed by atoms with Gasteiger partial charge >= 0.3 is 0 Å². The molecule has 0 aliphatic heterocycles. The van der Waals surface area contributed by atoms with Crippen molar-refractivity contribution in [1.82, 2.24) is 0 Å². The lowest BCUT2D eigenvalue weighted by atomic mass is 10.2. The van der Waals surface area contributed by atoms with Crippen LogP contribution in [-0.4, -0.2) is 21.0 Å². The summed E-state index contributed by atoms with van der Waals surface area (Å²) in [6.07, 6.45) is 1.36. The molecule has 2 aromatic carbocycles. The highest BCUT2D eigenvalue weighted by molar-refractivity contribution is 7.90. The number of halogens is 2. The average Bonchev–Trinajstić information content (AvgIpc) is 2.42. The Morgan fingerprint density at radius 2 is 1.57 bits per heavy atom. The van der Waals surface area contributed by atoms with Crippen molar-refractivity contribution in [3.8, 4) is 11.5 Å². The Balaban J connectivity index is 2.33. The SMILES string of the molecule is CS(=O)(=O)c1ccc(Oc2c(F)cc(C=O)cc2F)cc1. The number of rotatable bonds is 4. The van der Waals surface area contributed by atoms with Gasteiger partial charge in [0.05, 0.1) is 4.90 Å². The molecule has 0 bridgehead atoms. The number of aldehydes is 1. The first-order valence-corrected chi connectivity index (χ1v) is 7.62. The van der Waals surface area contributed by atoms with Crippen molar-refractivity contribution in [1.29, 1.82) is 0 Å². The molecule has 0 heterocycles. The summed E-state index contributed by atoms with van der Waals surface area (Å²) in [5.41, 5.74) is -0.148. The van der Waals surface area contributed by atoms with Gasteiger partial charge in [0.15, 0.2) is 27.2 Å². The molecule has 0 radical (unpaired) electrons. The van der Waals surface area contributed by atoms with E-state index in [1.165, 1.54) is 24.3 Å². The molecule has 0 unspecified atom stereocenters. The standard InChI is InChI=1S/C14H10F2O4S/c1-21(18,19)11-4-2-10(3-5-11)20-14-12(15)6-9(8-17)7-13(14)16/h2-8H,1H3. The third-order valence-electron chi connectivity index (χ3n) is 2.63. The summed E-state index contributed by atoms with van der Waals surface area (Å²) in [5.74, 6) is -2.64. The van der Waals surface area contributed by atoms with Crippen LogP contribution in [0.25, 0.3) is 0 Å². The number of carbonyl (C=O) groups is 1. The number of ether oxygens (including phenoxy) is 1. The van der Waals surface area contributed by atoms with Gasteiger partial charge in [-0.05, 0) is 36.4 Å². The van der Waals surface area contributed by atoms with Gasteiger partial charge in [-0.1, -0.05) is 0 Å². The van der Waals surface area contributed by atoms with Crippen LogP contribution in [0.2, 0.25) is 0 Å². The lowest BCUT2D eigenvalue weighted by molar-refractivity contribution is 0.112. The van der Waals surface area contributed by atoms with Crippen LogP contribution in [0.3, 0.4) is 0 Å². The number of hydrogen-bond donors (Lipinski definition) is 0. The lowest BCUT2D eigenvalue weighted by Crippen LogP contribution is -1.98. The molecule has 0 N–H and O–H groups in total. The summed E-state index contributed by atoms with van der Waals surface area (Å²) < 4.78 is 54.9. The average molecular weight is 312 g/mol. The highest BCUT2D eigenvalue weighted by atomic mass is 32.2. The van der Waals surface area contributed by atoms with Gasteiger partial charge in [0.2, 0.25) is 0 Å². The maximum absolute atomic E-state index is 13.6. The predicted octanol–water partition coefficient (Wildman–Crippen LogP) is 2.97. The van der Waals surface area contributed by atoms with Gasteiger partial charge in [-0.25, -0.2) is 17.2 Å². The largest absolute Gasteiger partial charge is 0.451 e. The van der Waals surface area contributed by atoms with Gasteiger partial charge < -0.3 is 4.74 Å². The quantitative estimate of drug-likeness (QED) is 0.814. The lowest BCUT2D eigenvalue weighted by Gasteiger charge is -2.09. The number of hydrogen-bond acceptors (Lipinski definition) is 4. The van der Waals surface area contributed by atoms with E-state index < -0.39 is 27.2 Å². The fourth-order valence-corrected chi connectivity index (χ4v) is 2.25. The summed E-state index contributed by atoms with van der Waals surface area (Å²) in [7, 11) is -3.36. The van der Waals surface area contributed by atoms with Crippen molar-refractivity contribution in [3.05, 3.63) is 53.6 Å². The molecule has 0 spiro atoms. The van der Waals surface area contributed by atoms with E-state index in [9.17, 15) is 22.0 Å². The third-order valence-corrected chi connectivity index (χ3v) is 3.76. The zero-order valence-corrected chi connectivity index (χ0v) is 11.7. The molecule has 0 saturated carbocycles. The van der Waals surface area contributed by atoms with Gasteiger partial charge in [0.1, 0.15) is 12.0 Å². The van der Waals surface area contributed by atoms with Crippen LogP contribution < -0.4 is 4.74 Å². The Morgan fingerprint density at radius 3 is 2.00 bits per heavy atom. The fraction of sp³-hybridized carbons (Fsp3) is 0.0714. The molecule has 2 aromatic rings. The zero-order valence-electron chi connectivity index (χ0n) is 10.8. The van der Waals surface area contributed by atoms with E-state index in [0.717, 1.165) is 18.4 Å². The molecule has 110 valence electrons. The van der Waals surface area contributed by atoms with Gasteiger partial charge in [-0.3, -0.25) is 4.79 Å². The molecule has 0 fully saturated rings. The molecule has 0 aliphatic rings. The molecule has 0 aliphatic carbocycles. The monoisotopic (exact) mass is 312 g/mol. The van der Waals surface area contributed by atoms with Crippen molar-refractivity contribution in [2.24, 2.45) is 0 Å². The highest BCUT2D eigenvalue weighted by Crippen LogP contribution is 2.29. The molecular formula is C14H10F2O4S. The minimum Gasteiger partial charge on any atom is -0.451 e. The van der Waals surface area contributed by atoms with Crippen LogP contribution in [0.5, 0.6) is 11.5 Å². The number of carbonyl (C=O) groups excluding carboxylic acids is 1. The molecular weight excluding hydrogens is 302 g/mol. The third kappa shape index (κ3) is 3.43. The molecule has 0 aromatic heterocycles. The Hall–Kier alpha value is -2.28. The Morgan fingerprint density at radius 1 is 1.05 bits per heavy atom. The van der Waals surface area contributed by atoms with Gasteiger partial charge in [-0.15, -0.1) is 0 Å². The van der Waals surface area contributed by atoms with E-state index in [4.69, 9.17) is 4.74 Å². The second kappa shape index (κ2) is 5.61. The molecule has 0 saturated heterocycles. The van der Waals surface area contributed by atoms with Crippen molar-refractivity contribution < 1.29 is 26.7 Å². The van der Waals surface area contributed by atoms with E-state index in [1.54, 1.807) is 0 Å². The minimum atomic E-state index is -3.36. The first-order chi connectivity index (χ1) is 9.81. The van der Waals surface area contributed by atoms with Gasteiger partial charge in [0, 0.05) is 11.8 Å². The Bertz CT molecular complexity index is 760. The second-order valence-corrected chi connectivity index (χ2v) is 6.29. The van der Waals surface area contributed by atoms with E-state index in [2.05, 4.69) is 0 Å². The van der Waals surface area contributed by atoms with Crippen LogP contribution in [0.15, 0.2) is 41.3 Å². The fourth-order valence-electron chi connectivity index (χ4n) is 1.62. The van der Waals surface area contributed by atoms with Crippen LogP contribution in [0.4, 0.5) is 8.78 Å². The van der Waals surface area contributed by atoms with Crippen LogP contribution in [0.1, 0.15) is 10.4 Å². The topological polar surface area (TPSA) is 60.4 Å². The summed E-state index contributed by atoms with van der Waals surface area (Å²) in [4.78, 5) is 10.5. The molecule has 0 amide bonds. The van der Waals surface area contributed by atoms with E-state index >= 15 is 0 Å². The van der Waals surface area contributed by atoms with Crippen molar-refractivity contribution in [2.75, 3.05) is 6.26 Å². The summed E-state index contributed by atoms with van der Waals surface area (Å²) >= 11 is 0. The van der Waals surface area contributed by atoms with Crippen molar-refractivity contribution >= 4 is 16.1 Å². The van der Waals surface area contributed by atoms with E-state index in [-0.39, 0.29) is 16.2 Å². The van der Waals surface area contributed by atoms with Crippen molar-refractivity contribution in [3.63, 3.8) is 0 Å². The second-order valence-electron chi connectivity index (χ2n) is 4.28. The summed E-state index contributed by atoms with van der Waals surface area (Å²) in [5, 5.41) is 0. The van der Waals surface area contributed by atoms with Crippen LogP contribution in [0, 0.1) is 11.6 Å². The van der Waals surface area contributed by atoms with Crippen molar-refractivity contribution in [2.45, 2.75) is 4.90 Å². The molecule has 4 nitrogen and oxygen atoms in total. The Kier molecular flexibility index (Phi) is 4.04.